The Hall–Kier alpha value is -1.91. The van der Waals surface area contributed by atoms with Crippen LogP contribution in [-0.4, -0.2) is 25.3 Å². The highest BCUT2D eigenvalue weighted by Crippen LogP contribution is 2.13. The van der Waals surface area contributed by atoms with Gasteiger partial charge in [-0.25, -0.2) is 4.79 Å². The third-order valence-corrected chi connectivity index (χ3v) is 1.77. The molecule has 0 saturated carbocycles. The predicted octanol–water partition coefficient (Wildman–Crippen LogP) is 2.69. The molecule has 0 N–H and O–H groups in total. The maximum absolute atomic E-state index is 10.9. The fraction of sp³-hybridized carbons (Fsp3) is 0.300. The average Bonchev–Trinajstić information content (AvgIpc) is 2.26. The van der Waals surface area contributed by atoms with Crippen LogP contribution in [-0.2, 0) is 4.74 Å². The van der Waals surface area contributed by atoms with Crippen molar-refractivity contribution < 1.29 is 9.53 Å². The molecule has 0 spiro atoms. The molecular formula is C10H13N3O2. The first kappa shape index (κ1) is 11.2. The average molecular weight is 207 g/mol. The molecule has 1 aromatic rings. The van der Waals surface area contributed by atoms with E-state index in [2.05, 4.69) is 15.1 Å². The number of ether oxygens (including phenoxy) is 1. The third kappa shape index (κ3) is 3.38. The van der Waals surface area contributed by atoms with Gasteiger partial charge >= 0.3 is 6.09 Å². The minimum absolute atomic E-state index is 0.550. The molecule has 0 radical (unpaired) electrons. The van der Waals surface area contributed by atoms with E-state index in [9.17, 15) is 4.79 Å². The van der Waals surface area contributed by atoms with Crippen LogP contribution in [0.5, 0.6) is 0 Å². The van der Waals surface area contributed by atoms with Crippen molar-refractivity contribution in [2.24, 2.45) is 10.3 Å². The number of carbonyl (C=O) groups excluding carboxylic acids is 1. The lowest BCUT2D eigenvalue weighted by atomic mass is 10.2. The zero-order valence-electron chi connectivity index (χ0n) is 8.97. The normalized spacial score (nSPS) is 10.3. The van der Waals surface area contributed by atoms with Crippen LogP contribution in [0, 0.1) is 6.92 Å². The van der Waals surface area contributed by atoms with Gasteiger partial charge in [-0.1, -0.05) is 22.9 Å². The Kier molecular flexibility index (Phi) is 3.79. The van der Waals surface area contributed by atoms with Crippen LogP contribution in [0.1, 0.15) is 5.56 Å². The summed E-state index contributed by atoms with van der Waals surface area (Å²) in [4.78, 5) is 10.9. The SMILES string of the molecule is COC(=O)N(C)N=Nc1ccc(C)cc1. The van der Waals surface area contributed by atoms with Gasteiger partial charge in [-0.05, 0) is 19.1 Å². The largest absolute Gasteiger partial charge is 0.451 e. The molecule has 0 aliphatic rings. The maximum Gasteiger partial charge on any atom is 0.431 e. The van der Waals surface area contributed by atoms with Gasteiger partial charge in [0.2, 0.25) is 0 Å². The van der Waals surface area contributed by atoms with E-state index in [0.29, 0.717) is 5.69 Å². The number of amides is 1. The van der Waals surface area contributed by atoms with Crippen molar-refractivity contribution >= 4 is 11.8 Å². The lowest BCUT2D eigenvalue weighted by Crippen LogP contribution is -2.19. The quantitative estimate of drug-likeness (QED) is 0.553. The van der Waals surface area contributed by atoms with Gasteiger partial charge in [-0.3, -0.25) is 0 Å². The topological polar surface area (TPSA) is 54.3 Å². The Labute approximate surface area is 88.3 Å². The van der Waals surface area contributed by atoms with Crippen molar-refractivity contribution in [2.45, 2.75) is 6.92 Å². The number of benzene rings is 1. The summed E-state index contributed by atoms with van der Waals surface area (Å²) in [7, 11) is 2.77. The summed E-state index contributed by atoms with van der Waals surface area (Å²) in [6.07, 6.45) is -0.550. The molecule has 0 saturated heterocycles. The fourth-order valence-corrected chi connectivity index (χ4v) is 0.899. The first-order chi connectivity index (χ1) is 7.13. The van der Waals surface area contributed by atoms with E-state index in [1.54, 1.807) is 0 Å². The zero-order chi connectivity index (χ0) is 11.3. The Balaban J connectivity index is 2.65. The number of rotatable bonds is 2. The van der Waals surface area contributed by atoms with E-state index in [-0.39, 0.29) is 0 Å². The van der Waals surface area contributed by atoms with Gasteiger partial charge in [0.25, 0.3) is 0 Å². The Morgan fingerprint density at radius 3 is 2.47 bits per heavy atom. The molecule has 0 unspecified atom stereocenters. The molecule has 0 aromatic heterocycles. The molecule has 0 bridgehead atoms. The van der Waals surface area contributed by atoms with Gasteiger partial charge in [-0.2, -0.15) is 5.01 Å². The van der Waals surface area contributed by atoms with Crippen LogP contribution in [0.25, 0.3) is 0 Å². The second-order valence-electron chi connectivity index (χ2n) is 3.02. The Morgan fingerprint density at radius 1 is 1.33 bits per heavy atom. The van der Waals surface area contributed by atoms with E-state index >= 15 is 0 Å². The summed E-state index contributed by atoms with van der Waals surface area (Å²) in [5.74, 6) is 0. The van der Waals surface area contributed by atoms with Crippen molar-refractivity contribution in [3.63, 3.8) is 0 Å². The number of hydrogen-bond donors (Lipinski definition) is 0. The first-order valence-electron chi connectivity index (χ1n) is 4.43. The molecule has 0 fully saturated rings. The third-order valence-electron chi connectivity index (χ3n) is 1.77. The van der Waals surface area contributed by atoms with E-state index < -0.39 is 6.09 Å². The molecular weight excluding hydrogens is 194 g/mol. The molecule has 0 heterocycles. The van der Waals surface area contributed by atoms with E-state index in [4.69, 9.17) is 0 Å². The highest BCUT2D eigenvalue weighted by Gasteiger charge is 2.04. The molecule has 0 aliphatic heterocycles. The molecule has 5 nitrogen and oxygen atoms in total. The summed E-state index contributed by atoms with van der Waals surface area (Å²) < 4.78 is 4.45. The van der Waals surface area contributed by atoms with Crippen LogP contribution in [0.2, 0.25) is 0 Å². The van der Waals surface area contributed by atoms with Gasteiger partial charge < -0.3 is 4.74 Å². The molecule has 0 atom stereocenters. The van der Waals surface area contributed by atoms with Crippen LogP contribution in [0.4, 0.5) is 10.5 Å². The van der Waals surface area contributed by atoms with E-state index in [0.717, 1.165) is 10.6 Å². The lowest BCUT2D eigenvalue weighted by molar-refractivity contribution is 0.132. The minimum Gasteiger partial charge on any atom is -0.451 e. The van der Waals surface area contributed by atoms with Crippen LogP contribution in [0.3, 0.4) is 0 Å². The fourth-order valence-electron chi connectivity index (χ4n) is 0.899. The zero-order valence-corrected chi connectivity index (χ0v) is 8.97. The summed E-state index contributed by atoms with van der Waals surface area (Å²) in [5.41, 5.74) is 1.84. The van der Waals surface area contributed by atoms with Gasteiger partial charge in [0, 0.05) is 7.05 Å². The number of carbonyl (C=O) groups is 1. The highest BCUT2D eigenvalue weighted by atomic mass is 16.5. The van der Waals surface area contributed by atoms with Crippen molar-refractivity contribution in [3.8, 4) is 0 Å². The van der Waals surface area contributed by atoms with Gasteiger partial charge in [0.05, 0.1) is 12.8 Å². The molecule has 15 heavy (non-hydrogen) atoms. The molecule has 1 rings (SSSR count). The van der Waals surface area contributed by atoms with Gasteiger partial charge in [0.1, 0.15) is 0 Å². The molecule has 0 aliphatic carbocycles. The first-order valence-corrected chi connectivity index (χ1v) is 4.43. The Bertz CT molecular complexity index is 359. The monoisotopic (exact) mass is 207 g/mol. The molecule has 5 heteroatoms. The molecule has 1 amide bonds. The number of nitrogens with zero attached hydrogens (tertiary/aromatic N) is 3. The van der Waals surface area contributed by atoms with Crippen LogP contribution < -0.4 is 0 Å². The summed E-state index contributed by atoms with van der Waals surface area (Å²) in [5, 5.41) is 8.57. The maximum atomic E-state index is 10.9. The molecule has 80 valence electrons. The second-order valence-corrected chi connectivity index (χ2v) is 3.02. The van der Waals surface area contributed by atoms with Crippen LogP contribution >= 0.6 is 0 Å². The predicted molar refractivity (Wildman–Crippen MR) is 55.9 cm³/mol. The van der Waals surface area contributed by atoms with Crippen molar-refractivity contribution in [1.82, 2.24) is 5.01 Å². The number of hydrogen-bond acceptors (Lipinski definition) is 4. The van der Waals surface area contributed by atoms with Crippen molar-refractivity contribution in [1.29, 1.82) is 0 Å². The van der Waals surface area contributed by atoms with E-state index in [1.165, 1.54) is 14.2 Å². The van der Waals surface area contributed by atoms with Crippen LogP contribution in [0.15, 0.2) is 34.6 Å². The number of methoxy groups -OCH3 is 1. The summed E-state index contributed by atoms with van der Waals surface area (Å²) in [6.45, 7) is 1.99. The number of aryl methyl sites for hydroxylation is 1. The van der Waals surface area contributed by atoms with Crippen molar-refractivity contribution in [3.05, 3.63) is 29.8 Å². The molecule has 1 aromatic carbocycles. The summed E-state index contributed by atoms with van der Waals surface area (Å²) >= 11 is 0. The Morgan fingerprint density at radius 2 is 1.93 bits per heavy atom. The second kappa shape index (κ2) is 5.09. The minimum atomic E-state index is -0.550. The van der Waals surface area contributed by atoms with Crippen molar-refractivity contribution in [2.75, 3.05) is 14.2 Å². The van der Waals surface area contributed by atoms with Gasteiger partial charge in [0.15, 0.2) is 0 Å². The lowest BCUT2D eigenvalue weighted by Gasteiger charge is -2.06. The summed E-state index contributed by atoms with van der Waals surface area (Å²) in [6, 6.07) is 7.49. The van der Waals surface area contributed by atoms with E-state index in [1.807, 2.05) is 31.2 Å². The highest BCUT2D eigenvalue weighted by molar-refractivity contribution is 5.66. The van der Waals surface area contributed by atoms with Gasteiger partial charge in [-0.15, -0.1) is 5.11 Å². The smallest absolute Gasteiger partial charge is 0.431 e. The standard InChI is InChI=1S/C10H13N3O2/c1-8-4-6-9(7-5-8)11-12-13(2)10(14)15-3/h4-7H,1-3H3.